The van der Waals surface area contributed by atoms with E-state index < -0.39 is 17.3 Å². The zero-order valence-corrected chi connectivity index (χ0v) is 12.9. The van der Waals surface area contributed by atoms with Crippen molar-refractivity contribution in [3.63, 3.8) is 0 Å². The predicted molar refractivity (Wildman–Crippen MR) is 78.1 cm³/mol. The number of aliphatic hydroxyl groups is 1. The summed E-state index contributed by atoms with van der Waals surface area (Å²) in [4.78, 5) is 11.9. The number of carbonyl (C=O) groups excluding carboxylic acids is 1. The molecule has 0 saturated carbocycles. The van der Waals surface area contributed by atoms with Gasteiger partial charge in [0.2, 0.25) is 0 Å². The number of rotatable bonds is 3. The first-order chi connectivity index (χ1) is 9.03. The molecule has 0 aliphatic heterocycles. The Morgan fingerprint density at radius 1 is 1.20 bits per heavy atom. The van der Waals surface area contributed by atoms with Crippen LogP contribution in [0.15, 0.2) is 18.2 Å². The molecule has 0 spiro atoms. The topological polar surface area (TPSA) is 67.8 Å². The number of benzene rings is 1. The van der Waals surface area contributed by atoms with Crippen molar-refractivity contribution in [2.75, 3.05) is 12.4 Å². The van der Waals surface area contributed by atoms with Crippen LogP contribution in [0.1, 0.15) is 40.2 Å². The Kier molecular flexibility index (Phi) is 4.65. The second kappa shape index (κ2) is 5.71. The maximum absolute atomic E-state index is 11.9. The summed E-state index contributed by atoms with van der Waals surface area (Å²) in [5.74, 6) is 0.587. The Hall–Kier alpha value is -1.75. The molecule has 0 heterocycles. The normalized spacial score (nSPS) is 11.9. The summed E-state index contributed by atoms with van der Waals surface area (Å²) in [6.07, 6.45) is -0.573. The van der Waals surface area contributed by atoms with Crippen LogP contribution in [0, 0.1) is 0 Å². The summed E-state index contributed by atoms with van der Waals surface area (Å²) in [7, 11) is 1.54. The lowest BCUT2D eigenvalue weighted by atomic mass is 9.96. The molecule has 5 nitrogen and oxygen atoms in total. The van der Waals surface area contributed by atoms with Crippen LogP contribution in [0.3, 0.4) is 0 Å². The number of ether oxygens (including phenoxy) is 2. The maximum Gasteiger partial charge on any atom is 0.412 e. The molecule has 2 N–H and O–H groups in total. The van der Waals surface area contributed by atoms with Gasteiger partial charge >= 0.3 is 6.09 Å². The smallest absolute Gasteiger partial charge is 0.412 e. The third-order valence-corrected chi connectivity index (χ3v) is 2.52. The monoisotopic (exact) mass is 281 g/mol. The lowest BCUT2D eigenvalue weighted by Crippen LogP contribution is -2.28. The Balaban J connectivity index is 3.05. The Labute approximate surface area is 119 Å². The van der Waals surface area contributed by atoms with Gasteiger partial charge in [-0.15, -0.1) is 0 Å². The van der Waals surface area contributed by atoms with E-state index in [-0.39, 0.29) is 0 Å². The third-order valence-electron chi connectivity index (χ3n) is 2.52. The van der Waals surface area contributed by atoms with E-state index in [9.17, 15) is 9.90 Å². The van der Waals surface area contributed by atoms with E-state index in [0.29, 0.717) is 17.0 Å². The van der Waals surface area contributed by atoms with E-state index >= 15 is 0 Å². The van der Waals surface area contributed by atoms with Gasteiger partial charge in [-0.05, 0) is 40.7 Å². The number of amides is 1. The molecular formula is C15H23NO4. The molecule has 0 saturated heterocycles. The van der Waals surface area contributed by atoms with Gasteiger partial charge in [-0.3, -0.25) is 5.32 Å². The summed E-state index contributed by atoms with van der Waals surface area (Å²) >= 11 is 0. The SMILES string of the molecule is COc1ccc(C(C)(C)O)c(NC(=O)OC(C)(C)C)c1. The molecule has 0 radical (unpaired) electrons. The maximum atomic E-state index is 11.9. The number of anilines is 1. The van der Waals surface area contributed by atoms with Crippen molar-refractivity contribution in [3.05, 3.63) is 23.8 Å². The van der Waals surface area contributed by atoms with Crippen molar-refractivity contribution in [1.29, 1.82) is 0 Å². The molecule has 1 rings (SSSR count). The number of hydrogen-bond acceptors (Lipinski definition) is 4. The average molecular weight is 281 g/mol. The first-order valence-corrected chi connectivity index (χ1v) is 6.44. The molecule has 112 valence electrons. The van der Waals surface area contributed by atoms with Gasteiger partial charge in [-0.2, -0.15) is 0 Å². The third kappa shape index (κ3) is 4.74. The van der Waals surface area contributed by atoms with Crippen molar-refractivity contribution in [1.82, 2.24) is 0 Å². The summed E-state index contributed by atoms with van der Waals surface area (Å²) in [6.45, 7) is 8.66. The molecule has 20 heavy (non-hydrogen) atoms. The minimum Gasteiger partial charge on any atom is -0.497 e. The van der Waals surface area contributed by atoms with Gasteiger partial charge in [0.05, 0.1) is 18.4 Å². The first-order valence-electron chi connectivity index (χ1n) is 6.44. The van der Waals surface area contributed by atoms with Gasteiger partial charge in [-0.25, -0.2) is 4.79 Å². The van der Waals surface area contributed by atoms with Crippen molar-refractivity contribution < 1.29 is 19.4 Å². The number of nitrogens with one attached hydrogen (secondary N) is 1. The molecule has 0 aliphatic rings. The van der Waals surface area contributed by atoms with Crippen molar-refractivity contribution in [3.8, 4) is 5.75 Å². The summed E-state index contributed by atoms with van der Waals surface area (Å²) in [6, 6.07) is 5.09. The van der Waals surface area contributed by atoms with Crippen molar-refractivity contribution in [2.24, 2.45) is 0 Å². The van der Waals surface area contributed by atoms with E-state index in [1.807, 2.05) is 0 Å². The van der Waals surface area contributed by atoms with E-state index in [4.69, 9.17) is 9.47 Å². The number of methoxy groups -OCH3 is 1. The second-order valence-electron chi connectivity index (χ2n) is 6.10. The number of carbonyl (C=O) groups is 1. The quantitative estimate of drug-likeness (QED) is 0.892. The fourth-order valence-corrected chi connectivity index (χ4v) is 1.70. The Morgan fingerprint density at radius 3 is 2.25 bits per heavy atom. The highest BCUT2D eigenvalue weighted by Gasteiger charge is 2.23. The molecular weight excluding hydrogens is 258 g/mol. The van der Waals surface area contributed by atoms with Gasteiger partial charge in [0.1, 0.15) is 11.4 Å². The molecule has 0 fully saturated rings. The van der Waals surface area contributed by atoms with Crippen molar-refractivity contribution >= 4 is 11.8 Å². The zero-order valence-electron chi connectivity index (χ0n) is 12.9. The molecule has 5 heteroatoms. The predicted octanol–water partition coefficient (Wildman–Crippen LogP) is 3.27. The van der Waals surface area contributed by atoms with Gasteiger partial charge < -0.3 is 14.6 Å². The van der Waals surface area contributed by atoms with Crippen LogP contribution in [0.25, 0.3) is 0 Å². The zero-order chi connectivity index (χ0) is 15.6. The van der Waals surface area contributed by atoms with E-state index in [0.717, 1.165) is 0 Å². The van der Waals surface area contributed by atoms with E-state index in [1.54, 1.807) is 52.8 Å². The highest BCUT2D eigenvalue weighted by Crippen LogP contribution is 2.31. The highest BCUT2D eigenvalue weighted by molar-refractivity contribution is 5.86. The van der Waals surface area contributed by atoms with Crippen LogP contribution in [0.2, 0.25) is 0 Å². The van der Waals surface area contributed by atoms with Gasteiger partial charge in [-0.1, -0.05) is 6.07 Å². The highest BCUT2D eigenvalue weighted by atomic mass is 16.6. The average Bonchev–Trinajstić information content (AvgIpc) is 2.24. The lowest BCUT2D eigenvalue weighted by Gasteiger charge is -2.24. The van der Waals surface area contributed by atoms with Crippen LogP contribution >= 0.6 is 0 Å². The molecule has 1 aromatic carbocycles. The van der Waals surface area contributed by atoms with E-state index in [2.05, 4.69) is 5.32 Å². The molecule has 0 atom stereocenters. The van der Waals surface area contributed by atoms with Gasteiger partial charge in [0, 0.05) is 11.6 Å². The Morgan fingerprint density at radius 2 is 1.80 bits per heavy atom. The molecule has 0 aromatic heterocycles. The molecule has 0 bridgehead atoms. The minimum absolute atomic E-state index is 0.464. The number of hydrogen-bond donors (Lipinski definition) is 2. The van der Waals surface area contributed by atoms with Crippen LogP contribution in [-0.2, 0) is 10.3 Å². The van der Waals surface area contributed by atoms with Gasteiger partial charge in [0.25, 0.3) is 0 Å². The van der Waals surface area contributed by atoms with E-state index in [1.165, 1.54) is 7.11 Å². The first kappa shape index (κ1) is 16.3. The summed E-state index contributed by atoms with van der Waals surface area (Å²) in [5.41, 5.74) is -0.621. The van der Waals surface area contributed by atoms with Crippen LogP contribution in [-0.4, -0.2) is 23.9 Å². The van der Waals surface area contributed by atoms with Crippen LogP contribution < -0.4 is 10.1 Å². The fraction of sp³-hybridized carbons (Fsp3) is 0.533. The lowest BCUT2D eigenvalue weighted by molar-refractivity contribution is 0.0632. The fourth-order valence-electron chi connectivity index (χ4n) is 1.70. The molecule has 0 aliphatic carbocycles. The molecule has 1 aromatic rings. The Bertz CT molecular complexity index is 484. The van der Waals surface area contributed by atoms with Crippen LogP contribution in [0.5, 0.6) is 5.75 Å². The summed E-state index contributed by atoms with van der Waals surface area (Å²) in [5, 5.41) is 12.8. The van der Waals surface area contributed by atoms with Gasteiger partial charge in [0.15, 0.2) is 0 Å². The molecule has 1 amide bonds. The second-order valence-corrected chi connectivity index (χ2v) is 6.10. The molecule has 0 unspecified atom stereocenters. The standard InChI is InChI=1S/C15H23NO4/c1-14(2,3)20-13(17)16-12-9-10(19-6)7-8-11(12)15(4,5)18/h7-9,18H,1-6H3,(H,16,17). The minimum atomic E-state index is -1.09. The van der Waals surface area contributed by atoms with Crippen molar-refractivity contribution in [2.45, 2.75) is 45.8 Å². The summed E-state index contributed by atoms with van der Waals surface area (Å²) < 4.78 is 10.3. The van der Waals surface area contributed by atoms with Crippen LogP contribution in [0.4, 0.5) is 10.5 Å². The largest absolute Gasteiger partial charge is 0.497 e.